The van der Waals surface area contributed by atoms with Gasteiger partial charge in [-0.2, -0.15) is 0 Å². The third kappa shape index (κ3) is 3.84. The summed E-state index contributed by atoms with van der Waals surface area (Å²) >= 11 is 11.6. The van der Waals surface area contributed by atoms with Crippen LogP contribution < -0.4 is 0 Å². The molecule has 2 nitrogen and oxygen atoms in total. The summed E-state index contributed by atoms with van der Waals surface area (Å²) in [4.78, 5) is 0. The Labute approximate surface area is 93.1 Å². The molecule has 0 aromatic heterocycles. The summed E-state index contributed by atoms with van der Waals surface area (Å²) in [5.74, 6) is 0. The predicted molar refractivity (Wildman–Crippen MR) is 57.9 cm³/mol. The van der Waals surface area contributed by atoms with Gasteiger partial charge in [-0.3, -0.25) is 0 Å². The monoisotopic (exact) mass is 234 g/mol. The molecular formula is C10H12Cl2O2. The molecule has 1 rings (SSSR count). The van der Waals surface area contributed by atoms with E-state index >= 15 is 0 Å². The first-order valence-corrected chi connectivity index (χ1v) is 5.11. The summed E-state index contributed by atoms with van der Waals surface area (Å²) in [6.45, 7) is -0.214. The number of halogens is 2. The van der Waals surface area contributed by atoms with Crippen molar-refractivity contribution in [2.45, 2.75) is 18.9 Å². The zero-order valence-corrected chi connectivity index (χ0v) is 9.09. The Morgan fingerprint density at radius 3 is 2.21 bits per heavy atom. The molecule has 0 aliphatic rings. The number of hydrogen-bond acceptors (Lipinski definition) is 2. The van der Waals surface area contributed by atoms with E-state index in [0.29, 0.717) is 22.9 Å². The van der Waals surface area contributed by atoms with E-state index in [4.69, 9.17) is 33.4 Å². The lowest BCUT2D eigenvalue weighted by molar-refractivity contribution is 0.0886. The predicted octanol–water partition coefficient (Wildman–Crippen LogP) is 2.28. The second kappa shape index (κ2) is 5.56. The van der Waals surface area contributed by atoms with Crippen molar-refractivity contribution in [3.8, 4) is 0 Å². The molecule has 1 aromatic carbocycles. The van der Waals surface area contributed by atoms with Crippen LogP contribution in [0.3, 0.4) is 0 Å². The molecule has 2 N–H and O–H groups in total. The number of aryl methyl sites for hydroxylation is 1. The van der Waals surface area contributed by atoms with Crippen molar-refractivity contribution >= 4 is 23.2 Å². The van der Waals surface area contributed by atoms with E-state index in [0.717, 1.165) is 5.56 Å². The minimum atomic E-state index is -0.673. The number of hydrogen-bond donors (Lipinski definition) is 2. The van der Waals surface area contributed by atoms with Gasteiger partial charge in [0.2, 0.25) is 0 Å². The summed E-state index contributed by atoms with van der Waals surface area (Å²) in [6.07, 6.45) is 0.489. The quantitative estimate of drug-likeness (QED) is 0.840. The van der Waals surface area contributed by atoms with Crippen molar-refractivity contribution in [2.75, 3.05) is 6.61 Å². The lowest BCUT2D eigenvalue weighted by Gasteiger charge is -2.07. The Hall–Kier alpha value is -0.280. The second-order valence-electron chi connectivity index (χ2n) is 3.15. The lowest BCUT2D eigenvalue weighted by atomic mass is 10.1. The van der Waals surface area contributed by atoms with Crippen LogP contribution >= 0.6 is 23.2 Å². The van der Waals surface area contributed by atoms with Crippen LogP contribution in [0.1, 0.15) is 12.0 Å². The highest BCUT2D eigenvalue weighted by atomic mass is 35.5. The Morgan fingerprint density at radius 1 is 1.14 bits per heavy atom. The smallest absolute Gasteiger partial charge is 0.0774 e. The lowest BCUT2D eigenvalue weighted by Crippen LogP contribution is -2.12. The van der Waals surface area contributed by atoms with Crippen molar-refractivity contribution < 1.29 is 10.2 Å². The van der Waals surface area contributed by atoms with E-state index in [-0.39, 0.29) is 6.61 Å². The fourth-order valence-electron chi connectivity index (χ4n) is 1.18. The minimum Gasteiger partial charge on any atom is -0.394 e. The fourth-order valence-corrected chi connectivity index (χ4v) is 1.75. The van der Waals surface area contributed by atoms with E-state index < -0.39 is 6.10 Å². The first-order chi connectivity index (χ1) is 6.61. The third-order valence-corrected chi connectivity index (χ3v) is 2.34. The Morgan fingerprint density at radius 2 is 1.71 bits per heavy atom. The molecule has 0 saturated heterocycles. The molecule has 0 amide bonds. The van der Waals surface area contributed by atoms with Crippen LogP contribution in [0.5, 0.6) is 0 Å². The molecule has 1 atom stereocenters. The molecule has 0 spiro atoms. The summed E-state index contributed by atoms with van der Waals surface area (Å²) in [5.41, 5.74) is 0.968. The summed E-state index contributed by atoms with van der Waals surface area (Å²) in [7, 11) is 0. The second-order valence-corrected chi connectivity index (χ2v) is 4.03. The van der Waals surface area contributed by atoms with Gasteiger partial charge in [0, 0.05) is 10.0 Å². The van der Waals surface area contributed by atoms with Crippen molar-refractivity contribution in [3.05, 3.63) is 33.8 Å². The van der Waals surface area contributed by atoms with Crippen LogP contribution in [-0.2, 0) is 6.42 Å². The van der Waals surface area contributed by atoms with Gasteiger partial charge in [-0.15, -0.1) is 0 Å². The van der Waals surface area contributed by atoms with Crippen LogP contribution in [-0.4, -0.2) is 22.9 Å². The average molecular weight is 235 g/mol. The molecule has 0 radical (unpaired) electrons. The molecule has 14 heavy (non-hydrogen) atoms. The molecule has 4 heteroatoms. The van der Waals surface area contributed by atoms with Gasteiger partial charge in [-0.05, 0) is 36.6 Å². The molecule has 1 aromatic rings. The van der Waals surface area contributed by atoms with Crippen LogP contribution in [0, 0.1) is 0 Å². The van der Waals surface area contributed by atoms with Crippen molar-refractivity contribution in [2.24, 2.45) is 0 Å². The number of rotatable bonds is 4. The molecule has 0 heterocycles. The Bertz CT molecular complexity index is 282. The van der Waals surface area contributed by atoms with Gasteiger partial charge in [-0.25, -0.2) is 0 Å². The van der Waals surface area contributed by atoms with Crippen LogP contribution in [0.4, 0.5) is 0 Å². The first kappa shape index (κ1) is 11.8. The highest BCUT2D eigenvalue weighted by molar-refractivity contribution is 6.34. The Kier molecular flexibility index (Phi) is 4.69. The molecule has 0 bridgehead atoms. The van der Waals surface area contributed by atoms with E-state index in [1.165, 1.54) is 0 Å². The van der Waals surface area contributed by atoms with Gasteiger partial charge in [-0.1, -0.05) is 23.2 Å². The van der Waals surface area contributed by atoms with Crippen LogP contribution in [0.25, 0.3) is 0 Å². The highest BCUT2D eigenvalue weighted by Crippen LogP contribution is 2.20. The topological polar surface area (TPSA) is 40.5 Å². The molecule has 0 aliphatic carbocycles. The molecule has 0 aliphatic heterocycles. The zero-order valence-electron chi connectivity index (χ0n) is 7.58. The van der Waals surface area contributed by atoms with E-state index in [1.807, 2.05) is 0 Å². The molecule has 78 valence electrons. The van der Waals surface area contributed by atoms with Crippen molar-refractivity contribution in [1.82, 2.24) is 0 Å². The van der Waals surface area contributed by atoms with E-state index in [9.17, 15) is 0 Å². The van der Waals surface area contributed by atoms with Gasteiger partial charge in [0.1, 0.15) is 0 Å². The maximum absolute atomic E-state index is 9.14. The van der Waals surface area contributed by atoms with Gasteiger partial charge in [0.25, 0.3) is 0 Å². The summed E-state index contributed by atoms with van der Waals surface area (Å²) in [6, 6.07) is 5.27. The summed E-state index contributed by atoms with van der Waals surface area (Å²) in [5, 5.41) is 18.9. The van der Waals surface area contributed by atoms with Gasteiger partial charge >= 0.3 is 0 Å². The molecule has 0 saturated carbocycles. The third-order valence-electron chi connectivity index (χ3n) is 1.90. The standard InChI is InChI=1S/C10H12Cl2O2/c11-8-3-7(4-9(12)5-8)1-2-10(14)6-13/h3-5,10,13-14H,1-2,6H2. The number of benzene rings is 1. The van der Waals surface area contributed by atoms with Crippen molar-refractivity contribution in [3.63, 3.8) is 0 Å². The van der Waals surface area contributed by atoms with E-state index in [2.05, 4.69) is 0 Å². The minimum absolute atomic E-state index is 0.214. The SMILES string of the molecule is OCC(O)CCc1cc(Cl)cc(Cl)c1. The molecule has 0 fully saturated rings. The Balaban J connectivity index is 2.58. The maximum Gasteiger partial charge on any atom is 0.0774 e. The number of aliphatic hydroxyl groups excluding tert-OH is 2. The molecular weight excluding hydrogens is 223 g/mol. The maximum atomic E-state index is 9.14. The normalized spacial score (nSPS) is 12.9. The molecule has 1 unspecified atom stereocenters. The van der Waals surface area contributed by atoms with Crippen molar-refractivity contribution in [1.29, 1.82) is 0 Å². The first-order valence-electron chi connectivity index (χ1n) is 4.35. The highest BCUT2D eigenvalue weighted by Gasteiger charge is 2.03. The largest absolute Gasteiger partial charge is 0.394 e. The van der Waals surface area contributed by atoms with Gasteiger partial charge < -0.3 is 10.2 Å². The average Bonchev–Trinajstić information content (AvgIpc) is 2.12. The summed E-state index contributed by atoms with van der Waals surface area (Å²) < 4.78 is 0. The van der Waals surface area contributed by atoms with Crippen LogP contribution in [0.15, 0.2) is 18.2 Å². The van der Waals surface area contributed by atoms with Gasteiger partial charge in [0.05, 0.1) is 12.7 Å². The fraction of sp³-hybridized carbons (Fsp3) is 0.400. The van der Waals surface area contributed by atoms with E-state index in [1.54, 1.807) is 18.2 Å². The van der Waals surface area contributed by atoms with Crippen LogP contribution in [0.2, 0.25) is 10.0 Å². The zero-order chi connectivity index (χ0) is 10.6. The van der Waals surface area contributed by atoms with Gasteiger partial charge in [0.15, 0.2) is 0 Å². The number of aliphatic hydroxyl groups is 2.